The first-order valence-corrected chi connectivity index (χ1v) is 10.4. The average molecular weight is 363 g/mol. The number of esters is 1. The van der Waals surface area contributed by atoms with Gasteiger partial charge in [-0.1, -0.05) is 25.5 Å². The van der Waals surface area contributed by atoms with Crippen LogP contribution in [0.15, 0.2) is 11.6 Å². The molecule has 4 nitrogen and oxygen atoms in total. The first-order valence-electron chi connectivity index (χ1n) is 10.4. The first kappa shape index (κ1) is 18.5. The summed E-state index contributed by atoms with van der Waals surface area (Å²) in [6.45, 7) is 4.63. The van der Waals surface area contributed by atoms with Crippen LogP contribution in [0.2, 0.25) is 0 Å². The van der Waals surface area contributed by atoms with Gasteiger partial charge in [0.25, 0.3) is 0 Å². The molecule has 4 aliphatic rings. The Kier molecular flexibility index (Phi) is 4.31. The number of hydrogen-bond donors (Lipinski definition) is 2. The van der Waals surface area contributed by atoms with Crippen molar-refractivity contribution < 1.29 is 19.7 Å². The highest BCUT2D eigenvalue weighted by Crippen LogP contribution is 2.67. The fourth-order valence-electron chi connectivity index (χ4n) is 7.35. The third-order valence-electron chi connectivity index (χ3n) is 9.06. The van der Waals surface area contributed by atoms with E-state index in [9.17, 15) is 15.0 Å². The maximum absolute atomic E-state index is 11.9. The van der Waals surface area contributed by atoms with Crippen LogP contribution in [0, 0.1) is 28.6 Å². The van der Waals surface area contributed by atoms with Gasteiger partial charge in [-0.25, -0.2) is 0 Å². The van der Waals surface area contributed by atoms with Crippen LogP contribution < -0.4 is 0 Å². The number of allylic oxidation sites excluding steroid dienone is 1. The van der Waals surface area contributed by atoms with Gasteiger partial charge in [0.1, 0.15) is 0 Å². The third-order valence-corrected chi connectivity index (χ3v) is 9.06. The highest BCUT2D eigenvalue weighted by Gasteiger charge is 2.64. The Morgan fingerprint density at radius 1 is 1.19 bits per heavy atom. The molecule has 0 heterocycles. The quantitative estimate of drug-likeness (QED) is 0.582. The molecular formula is C22H34O4. The molecule has 0 aromatic carbocycles. The standard InChI is InChI=1S/C22H34O4/c1-20-9-6-15(23)12-14(20)4-5-16-17(20)7-10-21(2)18(16)8-11-22(21,25)13-19(24)26-3/h4,15-18,23,25H,5-13H2,1-3H3/t15-,16+,17-,18-,20-,21-,22+/m0/s1. The minimum absolute atomic E-state index is 0.123. The summed E-state index contributed by atoms with van der Waals surface area (Å²) in [5, 5.41) is 21.5. The van der Waals surface area contributed by atoms with Gasteiger partial charge >= 0.3 is 5.97 Å². The molecule has 4 heteroatoms. The van der Waals surface area contributed by atoms with Gasteiger partial charge in [-0.15, -0.1) is 0 Å². The number of methoxy groups -OCH3 is 1. The van der Waals surface area contributed by atoms with Gasteiger partial charge in [-0.05, 0) is 80.0 Å². The molecule has 0 aromatic rings. The Bertz CT molecular complexity index is 628. The Morgan fingerprint density at radius 2 is 1.92 bits per heavy atom. The van der Waals surface area contributed by atoms with Gasteiger partial charge < -0.3 is 14.9 Å². The molecule has 0 aliphatic heterocycles. The van der Waals surface area contributed by atoms with Gasteiger partial charge in [0.2, 0.25) is 0 Å². The molecule has 0 spiro atoms. The average Bonchev–Trinajstić information content (AvgIpc) is 2.86. The highest BCUT2D eigenvalue weighted by molar-refractivity contribution is 5.70. The maximum atomic E-state index is 11.9. The Balaban J connectivity index is 1.63. The molecule has 0 radical (unpaired) electrons. The molecule has 4 rings (SSSR count). The lowest BCUT2D eigenvalue weighted by Crippen LogP contribution is -2.55. The van der Waals surface area contributed by atoms with Crippen LogP contribution in [0.4, 0.5) is 0 Å². The lowest BCUT2D eigenvalue weighted by Gasteiger charge is -2.59. The lowest BCUT2D eigenvalue weighted by molar-refractivity contribution is -0.160. The second kappa shape index (κ2) is 6.07. The van der Waals surface area contributed by atoms with Gasteiger partial charge in [-0.2, -0.15) is 0 Å². The molecular weight excluding hydrogens is 328 g/mol. The summed E-state index contributed by atoms with van der Waals surface area (Å²) in [7, 11) is 1.41. The topological polar surface area (TPSA) is 66.8 Å². The predicted molar refractivity (Wildman–Crippen MR) is 99.3 cm³/mol. The number of aliphatic hydroxyl groups is 2. The first-order chi connectivity index (χ1) is 12.2. The smallest absolute Gasteiger partial charge is 0.308 e. The molecule has 0 bridgehead atoms. The van der Waals surface area contributed by atoms with E-state index in [1.807, 2.05) is 0 Å². The van der Waals surface area contributed by atoms with Gasteiger partial charge in [0, 0.05) is 0 Å². The fraction of sp³-hybridized carbons (Fsp3) is 0.864. The molecule has 2 N–H and O–H groups in total. The highest BCUT2D eigenvalue weighted by atomic mass is 16.5. The van der Waals surface area contributed by atoms with E-state index in [1.54, 1.807) is 0 Å². The van der Waals surface area contributed by atoms with Gasteiger partial charge in [0.15, 0.2) is 0 Å². The maximum Gasteiger partial charge on any atom is 0.308 e. The van der Waals surface area contributed by atoms with E-state index < -0.39 is 5.60 Å². The normalized spacial score (nSPS) is 50.3. The van der Waals surface area contributed by atoms with Crippen molar-refractivity contribution in [3.05, 3.63) is 11.6 Å². The number of rotatable bonds is 2. The van der Waals surface area contributed by atoms with Crippen LogP contribution in [0.1, 0.15) is 71.6 Å². The van der Waals surface area contributed by atoms with E-state index >= 15 is 0 Å². The van der Waals surface area contributed by atoms with Crippen LogP contribution >= 0.6 is 0 Å². The van der Waals surface area contributed by atoms with E-state index in [2.05, 4.69) is 19.9 Å². The van der Waals surface area contributed by atoms with Crippen LogP contribution in [0.5, 0.6) is 0 Å². The molecule has 0 unspecified atom stereocenters. The third kappa shape index (κ3) is 2.44. The Hall–Kier alpha value is -0.870. The zero-order valence-electron chi connectivity index (χ0n) is 16.5. The van der Waals surface area contributed by atoms with E-state index in [0.717, 1.165) is 44.9 Å². The molecule has 26 heavy (non-hydrogen) atoms. The molecule has 146 valence electrons. The van der Waals surface area contributed by atoms with E-state index in [4.69, 9.17) is 4.74 Å². The van der Waals surface area contributed by atoms with Crippen molar-refractivity contribution in [2.45, 2.75) is 83.3 Å². The predicted octanol–water partition coefficient (Wildman–Crippen LogP) is 3.60. The van der Waals surface area contributed by atoms with E-state index in [1.165, 1.54) is 12.7 Å². The summed E-state index contributed by atoms with van der Waals surface area (Å²) in [6.07, 6.45) is 10.1. The number of carbonyl (C=O) groups is 1. The zero-order chi connectivity index (χ0) is 18.7. The van der Waals surface area contributed by atoms with Crippen LogP contribution in [0.3, 0.4) is 0 Å². The summed E-state index contributed by atoms with van der Waals surface area (Å²) < 4.78 is 4.87. The number of hydrogen-bond acceptors (Lipinski definition) is 4. The van der Waals surface area contributed by atoms with Crippen LogP contribution in [0.25, 0.3) is 0 Å². The number of aliphatic hydroxyl groups excluding tert-OH is 1. The van der Waals surface area contributed by atoms with Crippen molar-refractivity contribution >= 4 is 5.97 Å². The SMILES string of the molecule is COC(=O)C[C@]1(O)CC[C@H]2[C@@H]3CC=C4C[C@@H](O)CC[C@]4(C)[C@H]3CC[C@@]21C. The molecule has 7 atom stereocenters. The minimum atomic E-state index is -0.927. The monoisotopic (exact) mass is 362 g/mol. The summed E-state index contributed by atoms with van der Waals surface area (Å²) in [4.78, 5) is 11.9. The molecule has 4 aliphatic carbocycles. The van der Waals surface area contributed by atoms with Crippen molar-refractivity contribution in [3.63, 3.8) is 0 Å². The van der Waals surface area contributed by atoms with Gasteiger partial charge in [0.05, 0.1) is 25.2 Å². The largest absolute Gasteiger partial charge is 0.469 e. The molecule has 3 fully saturated rings. The molecule has 3 saturated carbocycles. The zero-order valence-corrected chi connectivity index (χ0v) is 16.5. The molecule has 0 amide bonds. The minimum Gasteiger partial charge on any atom is -0.469 e. The Labute approximate surface area is 157 Å². The Morgan fingerprint density at radius 3 is 2.65 bits per heavy atom. The molecule has 0 aromatic heterocycles. The number of ether oxygens (including phenoxy) is 1. The summed E-state index contributed by atoms with van der Waals surface area (Å²) >= 11 is 0. The summed E-state index contributed by atoms with van der Waals surface area (Å²) in [5.74, 6) is 1.41. The van der Waals surface area contributed by atoms with Crippen molar-refractivity contribution in [2.75, 3.05) is 7.11 Å². The van der Waals surface area contributed by atoms with Crippen LogP contribution in [-0.4, -0.2) is 35.0 Å². The lowest BCUT2D eigenvalue weighted by atomic mass is 9.47. The number of carbonyl (C=O) groups excluding carboxylic acids is 1. The summed E-state index contributed by atoms with van der Waals surface area (Å²) in [6, 6.07) is 0. The van der Waals surface area contributed by atoms with Crippen molar-refractivity contribution in [3.8, 4) is 0 Å². The molecule has 0 saturated heterocycles. The second-order valence-electron chi connectivity index (χ2n) is 9.94. The second-order valence-corrected chi connectivity index (χ2v) is 9.94. The van der Waals surface area contributed by atoms with E-state index in [0.29, 0.717) is 24.2 Å². The van der Waals surface area contributed by atoms with Gasteiger partial charge in [-0.3, -0.25) is 4.79 Å². The summed E-state index contributed by atoms with van der Waals surface area (Å²) in [5.41, 5.74) is 0.567. The number of fused-ring (bicyclic) bond motifs is 5. The van der Waals surface area contributed by atoms with Crippen molar-refractivity contribution in [1.29, 1.82) is 0 Å². The van der Waals surface area contributed by atoms with Crippen molar-refractivity contribution in [1.82, 2.24) is 0 Å². The fourth-order valence-corrected chi connectivity index (χ4v) is 7.35. The van der Waals surface area contributed by atoms with Crippen LogP contribution in [-0.2, 0) is 9.53 Å². The van der Waals surface area contributed by atoms with Crippen molar-refractivity contribution in [2.24, 2.45) is 28.6 Å². The van der Waals surface area contributed by atoms with E-state index in [-0.39, 0.29) is 29.3 Å².